The van der Waals surface area contributed by atoms with Crippen LogP contribution in [-0.4, -0.2) is 35.1 Å². The van der Waals surface area contributed by atoms with Crippen molar-refractivity contribution in [2.75, 3.05) is 0 Å². The number of carbonyl (C=O) groups is 1. The average Bonchev–Trinajstić information content (AvgIpc) is 2.65. The van der Waals surface area contributed by atoms with Crippen LogP contribution in [0.15, 0.2) is 12.2 Å². The molecule has 3 aliphatic carbocycles. The predicted octanol–water partition coefficient (Wildman–Crippen LogP) is 5.57. The third kappa shape index (κ3) is 3.75. The van der Waals surface area contributed by atoms with E-state index in [0.717, 1.165) is 0 Å². The van der Waals surface area contributed by atoms with Crippen molar-refractivity contribution in [2.24, 2.45) is 29.6 Å². The molecule has 1 N–H and O–H groups in total. The highest BCUT2D eigenvalue weighted by Crippen LogP contribution is 2.62. The van der Waals surface area contributed by atoms with Gasteiger partial charge in [0.25, 0.3) is 5.60 Å². The van der Waals surface area contributed by atoms with Crippen LogP contribution in [0, 0.1) is 29.6 Å². The van der Waals surface area contributed by atoms with Crippen molar-refractivity contribution in [3.63, 3.8) is 0 Å². The van der Waals surface area contributed by atoms with E-state index in [1.807, 2.05) is 0 Å². The fourth-order valence-corrected chi connectivity index (χ4v) is 6.28. The minimum Gasteiger partial charge on any atom is -0.458 e. The Bertz CT molecular complexity index is 633. The van der Waals surface area contributed by atoms with E-state index in [2.05, 4.69) is 6.58 Å². The average molecular weight is 442 g/mol. The van der Waals surface area contributed by atoms with Crippen LogP contribution in [0.25, 0.3) is 0 Å². The molecular weight excluding hydrogens is 414 g/mol. The number of fused-ring (bicyclic) bond motifs is 2. The van der Waals surface area contributed by atoms with Crippen LogP contribution in [0.5, 0.6) is 0 Å². The van der Waals surface area contributed by atoms with Gasteiger partial charge in [-0.25, -0.2) is 4.79 Å². The van der Waals surface area contributed by atoms with Gasteiger partial charge in [-0.05, 0) is 56.3 Å². The standard InChI is InChI=1S/C21H28F6O3/c1-11(2)18(28)30-17-14-9-5-3-7-12(14)16(13-8-4-6-10-15(13)17)19(29,20(22,23)24)21(25,26)27/h12-17,29H,1,3-10H2,2H3. The maximum absolute atomic E-state index is 13.8. The molecule has 0 saturated heterocycles. The lowest BCUT2D eigenvalue weighted by Gasteiger charge is -2.58. The number of hydrogen-bond acceptors (Lipinski definition) is 3. The predicted molar refractivity (Wildman–Crippen MR) is 96.1 cm³/mol. The van der Waals surface area contributed by atoms with Crippen LogP contribution in [0.4, 0.5) is 26.3 Å². The highest BCUT2D eigenvalue weighted by molar-refractivity contribution is 5.87. The van der Waals surface area contributed by atoms with Crippen LogP contribution in [0.2, 0.25) is 0 Å². The van der Waals surface area contributed by atoms with Gasteiger partial charge in [0.1, 0.15) is 6.10 Å². The number of rotatable bonds is 3. The number of alkyl halides is 6. The Kier molecular flexibility index (Phi) is 6.26. The van der Waals surface area contributed by atoms with Crippen molar-refractivity contribution in [2.45, 2.75) is 82.3 Å². The van der Waals surface area contributed by atoms with Crippen LogP contribution in [-0.2, 0) is 9.53 Å². The van der Waals surface area contributed by atoms with Gasteiger partial charge in [0.15, 0.2) is 0 Å². The van der Waals surface area contributed by atoms with Gasteiger partial charge in [0.2, 0.25) is 0 Å². The number of esters is 1. The van der Waals surface area contributed by atoms with E-state index >= 15 is 0 Å². The minimum absolute atomic E-state index is 0.138. The highest BCUT2D eigenvalue weighted by atomic mass is 19.4. The summed E-state index contributed by atoms with van der Waals surface area (Å²) in [6.07, 6.45) is -9.12. The van der Waals surface area contributed by atoms with Crippen LogP contribution >= 0.6 is 0 Å². The van der Waals surface area contributed by atoms with E-state index in [-0.39, 0.29) is 18.4 Å². The second kappa shape index (κ2) is 8.02. The molecular formula is C21H28F6O3. The number of halogens is 6. The lowest BCUT2D eigenvalue weighted by molar-refractivity contribution is -0.403. The summed E-state index contributed by atoms with van der Waals surface area (Å²) in [4.78, 5) is 12.2. The molecule has 0 spiro atoms. The Morgan fingerprint density at radius 3 is 1.53 bits per heavy atom. The first kappa shape index (κ1) is 23.4. The molecule has 3 saturated carbocycles. The monoisotopic (exact) mass is 442 g/mol. The number of ether oxygens (including phenoxy) is 1. The first-order chi connectivity index (χ1) is 13.8. The van der Waals surface area contributed by atoms with Gasteiger partial charge in [-0.3, -0.25) is 0 Å². The van der Waals surface area contributed by atoms with Gasteiger partial charge < -0.3 is 9.84 Å². The molecule has 3 aliphatic rings. The second-order valence-electron chi connectivity index (χ2n) is 9.16. The van der Waals surface area contributed by atoms with Crippen molar-refractivity contribution < 1.29 is 41.0 Å². The summed E-state index contributed by atoms with van der Waals surface area (Å²) in [5, 5.41) is 10.4. The highest BCUT2D eigenvalue weighted by Gasteiger charge is 2.77. The molecule has 0 amide bonds. The molecule has 0 aromatic carbocycles. The number of carbonyl (C=O) groups excluding carboxylic acids is 1. The smallest absolute Gasteiger partial charge is 0.426 e. The lowest BCUT2D eigenvalue weighted by Crippen LogP contribution is -2.69. The molecule has 0 heterocycles. The molecule has 9 heteroatoms. The molecule has 3 rings (SSSR count). The Balaban J connectivity index is 2.11. The van der Waals surface area contributed by atoms with E-state index in [4.69, 9.17) is 4.74 Å². The van der Waals surface area contributed by atoms with Gasteiger partial charge in [-0.15, -0.1) is 0 Å². The molecule has 0 bridgehead atoms. The van der Waals surface area contributed by atoms with E-state index in [1.165, 1.54) is 6.92 Å². The Morgan fingerprint density at radius 1 is 0.833 bits per heavy atom. The Hall–Kier alpha value is -1.25. The first-order valence-electron chi connectivity index (χ1n) is 10.5. The summed E-state index contributed by atoms with van der Waals surface area (Å²) in [5.41, 5.74) is -4.64. The lowest BCUT2D eigenvalue weighted by atomic mass is 9.50. The summed E-state index contributed by atoms with van der Waals surface area (Å²) in [5.74, 6) is -5.98. The fourth-order valence-electron chi connectivity index (χ4n) is 6.28. The second-order valence-corrected chi connectivity index (χ2v) is 9.16. The van der Waals surface area contributed by atoms with Gasteiger partial charge in [0, 0.05) is 11.5 Å². The van der Waals surface area contributed by atoms with Gasteiger partial charge >= 0.3 is 18.3 Å². The van der Waals surface area contributed by atoms with Crippen LogP contribution in [0.3, 0.4) is 0 Å². The summed E-state index contributed by atoms with van der Waals surface area (Å²) in [6, 6.07) is 0. The molecule has 172 valence electrons. The normalized spacial score (nSPS) is 35.2. The molecule has 3 fully saturated rings. The van der Waals surface area contributed by atoms with Gasteiger partial charge in [-0.1, -0.05) is 32.3 Å². The Labute approximate surface area is 171 Å². The molecule has 0 radical (unpaired) electrons. The molecule has 0 aliphatic heterocycles. The van der Waals surface area contributed by atoms with E-state index < -0.39 is 59.6 Å². The quantitative estimate of drug-likeness (QED) is 0.353. The third-order valence-electron chi connectivity index (χ3n) is 7.45. The number of hydrogen-bond donors (Lipinski definition) is 1. The molecule has 4 atom stereocenters. The minimum atomic E-state index is -5.85. The van der Waals surface area contributed by atoms with Crippen molar-refractivity contribution in [3.8, 4) is 0 Å². The van der Waals surface area contributed by atoms with Crippen LogP contribution < -0.4 is 0 Å². The molecule has 0 aromatic rings. The van der Waals surface area contributed by atoms with E-state index in [0.29, 0.717) is 38.5 Å². The van der Waals surface area contributed by atoms with E-state index in [1.54, 1.807) is 0 Å². The zero-order valence-corrected chi connectivity index (χ0v) is 16.9. The maximum atomic E-state index is 13.8. The van der Waals surface area contributed by atoms with Crippen molar-refractivity contribution in [1.82, 2.24) is 0 Å². The topological polar surface area (TPSA) is 46.5 Å². The summed E-state index contributed by atoms with van der Waals surface area (Å²) in [6.45, 7) is 4.99. The molecule has 3 nitrogen and oxygen atoms in total. The zero-order chi connectivity index (χ0) is 22.5. The van der Waals surface area contributed by atoms with Crippen molar-refractivity contribution in [1.29, 1.82) is 0 Å². The molecule has 0 aromatic heterocycles. The van der Waals surface area contributed by atoms with Gasteiger partial charge in [0.05, 0.1) is 0 Å². The van der Waals surface area contributed by atoms with Crippen molar-refractivity contribution >= 4 is 5.97 Å². The Morgan fingerprint density at radius 2 is 1.20 bits per heavy atom. The zero-order valence-electron chi connectivity index (χ0n) is 16.9. The van der Waals surface area contributed by atoms with Crippen LogP contribution in [0.1, 0.15) is 58.3 Å². The molecule has 30 heavy (non-hydrogen) atoms. The summed E-state index contributed by atoms with van der Waals surface area (Å²) in [7, 11) is 0. The molecule has 4 unspecified atom stereocenters. The SMILES string of the molecule is C=C(C)C(=O)OC1C2CCCCC2C(C(O)(C(F)(F)F)C(F)(F)F)C2CCCCC21. The largest absolute Gasteiger partial charge is 0.458 e. The van der Waals surface area contributed by atoms with Gasteiger partial charge in [-0.2, -0.15) is 26.3 Å². The fraction of sp³-hybridized carbons (Fsp3) is 0.857. The maximum Gasteiger partial charge on any atom is 0.426 e. The van der Waals surface area contributed by atoms with Crippen molar-refractivity contribution in [3.05, 3.63) is 12.2 Å². The third-order valence-corrected chi connectivity index (χ3v) is 7.45. The van der Waals surface area contributed by atoms with E-state index in [9.17, 15) is 36.2 Å². The summed E-state index contributed by atoms with van der Waals surface area (Å²) < 4.78 is 88.7. The number of aliphatic hydroxyl groups is 1. The summed E-state index contributed by atoms with van der Waals surface area (Å²) >= 11 is 0. The first-order valence-corrected chi connectivity index (χ1v) is 10.5.